The van der Waals surface area contributed by atoms with Crippen LogP contribution in [-0.4, -0.2) is 56.6 Å². The second-order valence-corrected chi connectivity index (χ2v) is 8.68. The molecule has 1 aliphatic heterocycles. The zero-order valence-corrected chi connectivity index (χ0v) is 19.5. The van der Waals surface area contributed by atoms with Crippen molar-refractivity contribution < 1.29 is 4.79 Å². The van der Waals surface area contributed by atoms with E-state index in [9.17, 15) is 4.79 Å². The zero-order valence-electron chi connectivity index (χ0n) is 18.7. The summed E-state index contributed by atoms with van der Waals surface area (Å²) in [6.45, 7) is 6.96. The fourth-order valence-corrected chi connectivity index (χ4v) is 4.56. The molecule has 8 heteroatoms. The van der Waals surface area contributed by atoms with E-state index >= 15 is 0 Å². The van der Waals surface area contributed by atoms with Gasteiger partial charge in [-0.25, -0.2) is 9.50 Å². The Kier molecular flexibility index (Phi) is 5.72. The second-order valence-electron chi connectivity index (χ2n) is 8.27. The highest BCUT2D eigenvalue weighted by atomic mass is 35.5. The van der Waals surface area contributed by atoms with E-state index in [0.29, 0.717) is 36.1 Å². The van der Waals surface area contributed by atoms with Gasteiger partial charge in [-0.1, -0.05) is 41.9 Å². The fourth-order valence-electron chi connectivity index (χ4n) is 4.34. The van der Waals surface area contributed by atoms with E-state index in [-0.39, 0.29) is 5.91 Å². The number of aromatic nitrogens is 4. The van der Waals surface area contributed by atoms with Crippen molar-refractivity contribution in [3.63, 3.8) is 0 Å². The maximum absolute atomic E-state index is 13.1. The Hall–Kier alpha value is -3.45. The molecule has 4 aromatic rings. The van der Waals surface area contributed by atoms with Gasteiger partial charge in [-0.05, 0) is 38.1 Å². The first-order chi connectivity index (χ1) is 16.0. The third kappa shape index (κ3) is 4.16. The molecule has 0 spiro atoms. The van der Waals surface area contributed by atoms with Gasteiger partial charge in [0.25, 0.3) is 5.78 Å². The molecule has 0 atom stereocenters. The van der Waals surface area contributed by atoms with Gasteiger partial charge < -0.3 is 9.80 Å². The molecule has 2 aromatic heterocycles. The topological polar surface area (TPSA) is 66.6 Å². The molecule has 7 nitrogen and oxygen atoms in total. The van der Waals surface area contributed by atoms with E-state index in [0.717, 1.165) is 35.6 Å². The SMILES string of the molecule is Cc1nc2nc(-c3ccccc3Cl)nn2c(C)c1CC(=O)N1CCN(c2ccccc2)CC1. The van der Waals surface area contributed by atoms with Crippen molar-refractivity contribution in [1.29, 1.82) is 0 Å². The predicted octanol–water partition coefficient (Wildman–Crippen LogP) is 3.95. The minimum atomic E-state index is 0.113. The van der Waals surface area contributed by atoms with Crippen molar-refractivity contribution in [3.05, 3.63) is 76.6 Å². The van der Waals surface area contributed by atoms with Gasteiger partial charge in [0.1, 0.15) is 0 Å². The van der Waals surface area contributed by atoms with Crippen LogP contribution in [0.5, 0.6) is 0 Å². The summed E-state index contributed by atoms with van der Waals surface area (Å²) in [5.41, 5.74) is 4.53. The van der Waals surface area contributed by atoms with E-state index in [1.807, 2.05) is 61.2 Å². The van der Waals surface area contributed by atoms with Crippen LogP contribution in [0.3, 0.4) is 0 Å². The molecule has 0 N–H and O–H groups in total. The molecule has 2 aromatic carbocycles. The first-order valence-electron chi connectivity index (χ1n) is 11.1. The molecule has 0 aliphatic carbocycles. The molecule has 0 saturated carbocycles. The number of nitrogens with zero attached hydrogens (tertiary/aromatic N) is 6. The van der Waals surface area contributed by atoms with Gasteiger partial charge in [0.05, 0.1) is 11.4 Å². The summed E-state index contributed by atoms with van der Waals surface area (Å²) < 4.78 is 1.71. The monoisotopic (exact) mass is 460 g/mol. The molecule has 0 radical (unpaired) electrons. The molecule has 0 bridgehead atoms. The number of amides is 1. The number of carbonyl (C=O) groups is 1. The van der Waals surface area contributed by atoms with Crippen molar-refractivity contribution in [1.82, 2.24) is 24.5 Å². The third-order valence-corrected chi connectivity index (χ3v) is 6.58. The lowest BCUT2D eigenvalue weighted by Gasteiger charge is -2.36. The van der Waals surface area contributed by atoms with Crippen LogP contribution < -0.4 is 4.90 Å². The van der Waals surface area contributed by atoms with Crippen molar-refractivity contribution in [3.8, 4) is 11.4 Å². The molecular formula is C25H25ClN6O. The number of hydrogen-bond donors (Lipinski definition) is 0. The lowest BCUT2D eigenvalue weighted by molar-refractivity contribution is -0.130. The summed E-state index contributed by atoms with van der Waals surface area (Å²) in [4.78, 5) is 26.6. The Bertz CT molecular complexity index is 1310. The summed E-state index contributed by atoms with van der Waals surface area (Å²) in [7, 11) is 0. The van der Waals surface area contributed by atoms with Crippen LogP contribution in [0.15, 0.2) is 54.6 Å². The number of benzene rings is 2. The molecule has 1 saturated heterocycles. The Labute approximate surface area is 197 Å². The highest BCUT2D eigenvalue weighted by molar-refractivity contribution is 6.33. The standard InChI is InChI=1S/C25H25ClN6O/c1-17-21(16-23(33)31-14-12-30(13-15-31)19-8-4-3-5-9-19)18(2)32-25(27-17)28-24(29-32)20-10-6-7-11-22(20)26/h3-11H,12-16H2,1-2H3. The van der Waals surface area contributed by atoms with Gasteiger partial charge in [-0.3, -0.25) is 4.79 Å². The third-order valence-electron chi connectivity index (χ3n) is 6.25. The van der Waals surface area contributed by atoms with Crippen LogP contribution >= 0.6 is 11.6 Å². The maximum atomic E-state index is 13.1. The van der Waals surface area contributed by atoms with Crippen molar-refractivity contribution >= 4 is 29.0 Å². The van der Waals surface area contributed by atoms with Crippen LogP contribution in [0.2, 0.25) is 5.02 Å². The molecule has 5 rings (SSSR count). The zero-order chi connectivity index (χ0) is 22.9. The Balaban J connectivity index is 1.34. The smallest absolute Gasteiger partial charge is 0.253 e. The first kappa shape index (κ1) is 21.4. The van der Waals surface area contributed by atoms with Crippen molar-refractivity contribution in [2.24, 2.45) is 0 Å². The Morgan fingerprint density at radius 1 is 0.939 bits per heavy atom. The second kappa shape index (κ2) is 8.83. The summed E-state index contributed by atoms with van der Waals surface area (Å²) in [6.07, 6.45) is 0.299. The van der Waals surface area contributed by atoms with E-state index in [1.54, 1.807) is 4.52 Å². The summed E-state index contributed by atoms with van der Waals surface area (Å²) >= 11 is 6.33. The van der Waals surface area contributed by atoms with E-state index in [1.165, 1.54) is 5.69 Å². The molecule has 1 aliphatic rings. The number of fused-ring (bicyclic) bond motifs is 1. The van der Waals surface area contributed by atoms with E-state index in [4.69, 9.17) is 11.6 Å². The van der Waals surface area contributed by atoms with Crippen molar-refractivity contribution in [2.75, 3.05) is 31.1 Å². The van der Waals surface area contributed by atoms with E-state index in [2.05, 4.69) is 32.1 Å². The number of anilines is 1. The number of aryl methyl sites for hydroxylation is 2. The van der Waals surface area contributed by atoms with Crippen LogP contribution in [0, 0.1) is 13.8 Å². The Morgan fingerprint density at radius 2 is 1.64 bits per heavy atom. The lowest BCUT2D eigenvalue weighted by Crippen LogP contribution is -2.49. The predicted molar refractivity (Wildman–Crippen MR) is 130 cm³/mol. The number of halogens is 1. The average molecular weight is 461 g/mol. The van der Waals surface area contributed by atoms with Gasteiger partial charge in [0, 0.05) is 54.4 Å². The molecule has 3 heterocycles. The molecule has 0 unspecified atom stereocenters. The summed E-state index contributed by atoms with van der Waals surface area (Å²) in [6, 6.07) is 17.8. The Morgan fingerprint density at radius 3 is 2.36 bits per heavy atom. The molecule has 168 valence electrons. The normalized spacial score (nSPS) is 14.2. The van der Waals surface area contributed by atoms with Crippen LogP contribution in [0.4, 0.5) is 5.69 Å². The number of hydrogen-bond acceptors (Lipinski definition) is 5. The lowest BCUT2D eigenvalue weighted by atomic mass is 10.1. The van der Waals surface area contributed by atoms with Gasteiger partial charge in [-0.2, -0.15) is 4.98 Å². The number of rotatable bonds is 4. The molecular weight excluding hydrogens is 436 g/mol. The maximum Gasteiger partial charge on any atom is 0.253 e. The van der Waals surface area contributed by atoms with Gasteiger partial charge >= 0.3 is 0 Å². The van der Waals surface area contributed by atoms with Gasteiger partial charge in [-0.15, -0.1) is 5.10 Å². The summed E-state index contributed by atoms with van der Waals surface area (Å²) in [5.74, 6) is 1.14. The fraction of sp³-hybridized carbons (Fsp3) is 0.280. The number of carbonyl (C=O) groups excluding carboxylic acids is 1. The average Bonchev–Trinajstić information content (AvgIpc) is 3.26. The van der Waals surface area contributed by atoms with Gasteiger partial charge in [0.2, 0.25) is 5.91 Å². The van der Waals surface area contributed by atoms with Crippen molar-refractivity contribution in [2.45, 2.75) is 20.3 Å². The van der Waals surface area contributed by atoms with Crippen LogP contribution in [0.1, 0.15) is 17.0 Å². The minimum Gasteiger partial charge on any atom is -0.368 e. The van der Waals surface area contributed by atoms with Gasteiger partial charge in [0.15, 0.2) is 5.82 Å². The minimum absolute atomic E-state index is 0.113. The molecule has 1 amide bonds. The highest BCUT2D eigenvalue weighted by Gasteiger charge is 2.24. The largest absolute Gasteiger partial charge is 0.368 e. The highest BCUT2D eigenvalue weighted by Crippen LogP contribution is 2.26. The molecule has 1 fully saturated rings. The van der Waals surface area contributed by atoms with Crippen LogP contribution in [-0.2, 0) is 11.2 Å². The number of para-hydroxylation sites is 1. The first-order valence-corrected chi connectivity index (χ1v) is 11.4. The van der Waals surface area contributed by atoms with Crippen LogP contribution in [0.25, 0.3) is 17.2 Å². The molecule has 33 heavy (non-hydrogen) atoms. The van der Waals surface area contributed by atoms with E-state index < -0.39 is 0 Å². The summed E-state index contributed by atoms with van der Waals surface area (Å²) in [5, 5.41) is 5.23. The number of piperazine rings is 1. The quantitative estimate of drug-likeness (QED) is 0.461.